The zero-order chi connectivity index (χ0) is 23.1. The summed E-state index contributed by atoms with van der Waals surface area (Å²) >= 11 is 0. The molecule has 2 amide bonds. The lowest BCUT2D eigenvalue weighted by atomic mass is 9.98. The molecule has 2 aliphatic rings. The van der Waals surface area contributed by atoms with Gasteiger partial charge in [0.2, 0.25) is 21.8 Å². The Bertz CT molecular complexity index is 879. The molecule has 0 unspecified atom stereocenters. The summed E-state index contributed by atoms with van der Waals surface area (Å²) < 4.78 is 32.5. The summed E-state index contributed by atoms with van der Waals surface area (Å²) in [6.45, 7) is 2.16. The second-order valence-corrected chi connectivity index (χ2v) is 10.7. The Morgan fingerprint density at radius 3 is 2.31 bits per heavy atom. The van der Waals surface area contributed by atoms with Crippen molar-refractivity contribution in [2.75, 3.05) is 20.2 Å². The van der Waals surface area contributed by atoms with E-state index in [1.807, 2.05) is 0 Å². The van der Waals surface area contributed by atoms with Gasteiger partial charge >= 0.3 is 0 Å². The number of nitrogens with zero attached hydrogens (tertiary/aromatic N) is 1. The summed E-state index contributed by atoms with van der Waals surface area (Å²) in [7, 11) is -2.18. The van der Waals surface area contributed by atoms with Gasteiger partial charge in [-0.15, -0.1) is 0 Å². The molecule has 2 atom stereocenters. The van der Waals surface area contributed by atoms with E-state index in [1.165, 1.54) is 36.4 Å². The Hall–Kier alpha value is -2.13. The third-order valence-corrected chi connectivity index (χ3v) is 8.29. The molecule has 1 heterocycles. The molecule has 2 N–H and O–H groups in total. The van der Waals surface area contributed by atoms with E-state index in [4.69, 9.17) is 4.74 Å². The van der Waals surface area contributed by atoms with Crippen molar-refractivity contribution in [3.8, 4) is 5.75 Å². The fourth-order valence-electron chi connectivity index (χ4n) is 4.42. The molecule has 1 aromatic carbocycles. The fourth-order valence-corrected chi connectivity index (χ4v) is 5.94. The molecule has 32 heavy (non-hydrogen) atoms. The lowest BCUT2D eigenvalue weighted by Gasteiger charge is -2.32. The van der Waals surface area contributed by atoms with Crippen LogP contribution in [0.1, 0.15) is 58.3 Å². The van der Waals surface area contributed by atoms with Crippen LogP contribution in [0.4, 0.5) is 0 Å². The molecule has 1 saturated carbocycles. The quantitative estimate of drug-likeness (QED) is 0.602. The number of piperidine rings is 1. The second-order valence-electron chi connectivity index (χ2n) is 8.81. The van der Waals surface area contributed by atoms with Crippen LogP contribution in [-0.4, -0.2) is 56.8 Å². The minimum Gasteiger partial charge on any atom is -0.497 e. The highest BCUT2D eigenvalue weighted by Crippen LogP contribution is 2.25. The zero-order valence-corrected chi connectivity index (χ0v) is 19.8. The first-order valence-corrected chi connectivity index (χ1v) is 13.0. The summed E-state index contributed by atoms with van der Waals surface area (Å²) in [5.74, 6) is -0.354. The number of carbonyl (C=O) groups is 2. The molecule has 0 radical (unpaired) electrons. The molecule has 0 spiro atoms. The van der Waals surface area contributed by atoms with Crippen LogP contribution in [0.3, 0.4) is 0 Å². The van der Waals surface area contributed by atoms with Crippen molar-refractivity contribution in [2.45, 2.75) is 75.3 Å². The predicted molar refractivity (Wildman–Crippen MR) is 122 cm³/mol. The number of methoxy groups -OCH3 is 1. The monoisotopic (exact) mass is 465 g/mol. The third-order valence-electron chi connectivity index (χ3n) is 6.41. The van der Waals surface area contributed by atoms with Crippen molar-refractivity contribution in [2.24, 2.45) is 5.92 Å². The largest absolute Gasteiger partial charge is 0.497 e. The van der Waals surface area contributed by atoms with Crippen LogP contribution in [0.2, 0.25) is 0 Å². The van der Waals surface area contributed by atoms with Gasteiger partial charge in [-0.3, -0.25) is 9.59 Å². The summed E-state index contributed by atoms with van der Waals surface area (Å²) in [6, 6.07) is 5.75. The number of hydrogen-bond donors (Lipinski definition) is 2. The van der Waals surface area contributed by atoms with Crippen LogP contribution in [0.5, 0.6) is 5.75 Å². The number of nitrogens with one attached hydrogen (secondary N) is 2. The molecule has 9 heteroatoms. The third kappa shape index (κ3) is 6.22. The normalized spacial score (nSPS) is 21.9. The SMILES string of the molecule is COc1ccc(S(=O)(=O)N2CCC[C@H](C(=O)N[C@@H](C)C(=O)NC3CCCCCC3)C2)cc1. The minimum atomic E-state index is -3.70. The molecule has 8 nitrogen and oxygen atoms in total. The van der Waals surface area contributed by atoms with Gasteiger partial charge < -0.3 is 15.4 Å². The van der Waals surface area contributed by atoms with Gasteiger partial charge in [0.25, 0.3) is 0 Å². The van der Waals surface area contributed by atoms with Crippen molar-refractivity contribution in [3.63, 3.8) is 0 Å². The van der Waals surface area contributed by atoms with Crippen LogP contribution in [0, 0.1) is 5.92 Å². The average Bonchev–Trinajstić information content (AvgIpc) is 3.07. The van der Waals surface area contributed by atoms with E-state index in [0.717, 1.165) is 25.7 Å². The number of sulfonamides is 1. The Labute approximate surface area is 191 Å². The summed E-state index contributed by atoms with van der Waals surface area (Å²) in [6.07, 6.45) is 7.79. The van der Waals surface area contributed by atoms with E-state index in [0.29, 0.717) is 25.1 Å². The van der Waals surface area contributed by atoms with Crippen LogP contribution < -0.4 is 15.4 Å². The zero-order valence-electron chi connectivity index (χ0n) is 19.0. The van der Waals surface area contributed by atoms with Crippen LogP contribution in [0.15, 0.2) is 29.2 Å². The lowest BCUT2D eigenvalue weighted by molar-refractivity contribution is -0.131. The molecule has 2 fully saturated rings. The van der Waals surface area contributed by atoms with Crippen molar-refractivity contribution in [1.29, 1.82) is 0 Å². The van der Waals surface area contributed by atoms with Crippen LogP contribution >= 0.6 is 0 Å². The number of carbonyl (C=O) groups excluding carboxylic acids is 2. The van der Waals surface area contributed by atoms with E-state index < -0.39 is 22.0 Å². The van der Waals surface area contributed by atoms with Gasteiger partial charge in [-0.25, -0.2) is 8.42 Å². The number of amides is 2. The van der Waals surface area contributed by atoms with Crippen LogP contribution in [-0.2, 0) is 19.6 Å². The van der Waals surface area contributed by atoms with E-state index in [2.05, 4.69) is 10.6 Å². The highest BCUT2D eigenvalue weighted by molar-refractivity contribution is 7.89. The summed E-state index contributed by atoms with van der Waals surface area (Å²) in [4.78, 5) is 25.6. The maximum Gasteiger partial charge on any atom is 0.243 e. The Balaban J connectivity index is 1.56. The molecule has 1 aliphatic heterocycles. The van der Waals surface area contributed by atoms with Gasteiger partial charge in [-0.2, -0.15) is 4.31 Å². The first-order valence-electron chi connectivity index (χ1n) is 11.6. The second kappa shape index (κ2) is 11.1. The molecule has 178 valence electrons. The predicted octanol–water partition coefficient (Wildman–Crippen LogP) is 2.44. The Kier molecular flexibility index (Phi) is 8.53. The van der Waals surface area contributed by atoms with Crippen LogP contribution in [0.25, 0.3) is 0 Å². The van der Waals surface area contributed by atoms with Gasteiger partial charge in [0.05, 0.1) is 17.9 Å². The maximum absolute atomic E-state index is 13.0. The summed E-state index contributed by atoms with van der Waals surface area (Å²) in [5.41, 5.74) is 0. The van der Waals surface area contributed by atoms with Crippen molar-refractivity contribution in [1.82, 2.24) is 14.9 Å². The number of rotatable bonds is 7. The molecule has 0 aromatic heterocycles. The minimum absolute atomic E-state index is 0.108. The van der Waals surface area contributed by atoms with Gasteiger partial charge in [-0.05, 0) is 56.9 Å². The fraction of sp³-hybridized carbons (Fsp3) is 0.652. The van der Waals surface area contributed by atoms with E-state index >= 15 is 0 Å². The molecule has 1 aliphatic carbocycles. The number of benzene rings is 1. The van der Waals surface area contributed by atoms with Gasteiger partial charge in [0, 0.05) is 19.1 Å². The van der Waals surface area contributed by atoms with Gasteiger partial charge in [0.1, 0.15) is 11.8 Å². The molecule has 0 bridgehead atoms. The molecular formula is C23H35N3O5S. The Morgan fingerprint density at radius 1 is 1.03 bits per heavy atom. The highest BCUT2D eigenvalue weighted by atomic mass is 32.2. The highest BCUT2D eigenvalue weighted by Gasteiger charge is 2.34. The summed E-state index contributed by atoms with van der Waals surface area (Å²) in [5, 5.41) is 5.85. The topological polar surface area (TPSA) is 105 Å². The van der Waals surface area contributed by atoms with Gasteiger partial charge in [0.15, 0.2) is 0 Å². The van der Waals surface area contributed by atoms with E-state index in [1.54, 1.807) is 19.1 Å². The van der Waals surface area contributed by atoms with E-state index in [-0.39, 0.29) is 29.3 Å². The van der Waals surface area contributed by atoms with E-state index in [9.17, 15) is 18.0 Å². The molecule has 3 rings (SSSR count). The van der Waals surface area contributed by atoms with Crippen molar-refractivity contribution < 1.29 is 22.7 Å². The molecular weight excluding hydrogens is 430 g/mol. The number of ether oxygens (including phenoxy) is 1. The Morgan fingerprint density at radius 2 is 1.69 bits per heavy atom. The smallest absolute Gasteiger partial charge is 0.243 e. The molecule has 1 saturated heterocycles. The van der Waals surface area contributed by atoms with Gasteiger partial charge in [-0.1, -0.05) is 25.7 Å². The maximum atomic E-state index is 13.0. The average molecular weight is 466 g/mol. The molecule has 1 aromatic rings. The number of hydrogen-bond acceptors (Lipinski definition) is 5. The standard InChI is InChI=1S/C23H35N3O5S/c1-17(22(27)25-19-9-5-3-4-6-10-19)24-23(28)18-8-7-15-26(16-18)32(29,30)21-13-11-20(31-2)12-14-21/h11-14,17-19H,3-10,15-16H2,1-2H3,(H,24,28)(H,25,27)/t17-,18-/m0/s1. The van der Waals surface area contributed by atoms with Crippen molar-refractivity contribution in [3.05, 3.63) is 24.3 Å². The first-order chi connectivity index (χ1) is 15.3. The van der Waals surface area contributed by atoms with Crippen molar-refractivity contribution >= 4 is 21.8 Å². The first kappa shape index (κ1) is 24.5. The lowest BCUT2D eigenvalue weighted by Crippen LogP contribution is -2.52.